The first-order valence-corrected chi connectivity index (χ1v) is 6.10. The summed E-state index contributed by atoms with van der Waals surface area (Å²) in [4.78, 5) is 26.3. The number of carbonyl (C=O) groups excluding carboxylic acids is 1. The van der Waals surface area contributed by atoms with E-state index in [0.29, 0.717) is 0 Å². The number of hydrogen-bond acceptors (Lipinski definition) is 2. The molecule has 0 fully saturated rings. The normalized spacial score (nSPS) is 9.83. The zero-order chi connectivity index (χ0) is 13.5. The number of amides is 1. The van der Waals surface area contributed by atoms with E-state index in [1.54, 1.807) is 6.07 Å². The summed E-state index contributed by atoms with van der Waals surface area (Å²) >= 11 is 0. The lowest BCUT2D eigenvalue weighted by molar-refractivity contribution is 0.0957. The lowest BCUT2D eigenvalue weighted by Gasteiger charge is -2.09. The van der Waals surface area contributed by atoms with Gasteiger partial charge in [0, 0.05) is 5.69 Å². The van der Waals surface area contributed by atoms with Gasteiger partial charge in [0.25, 0.3) is 11.5 Å². The maximum Gasteiger partial charge on any atom is 0.261 e. The molecule has 0 saturated heterocycles. The molecule has 0 atom stereocenters. The largest absolute Gasteiger partial charge is 0.341 e. The Morgan fingerprint density at radius 1 is 1.50 bits per heavy atom. The van der Waals surface area contributed by atoms with Gasteiger partial charge in [0.15, 0.2) is 0 Å². The lowest BCUT2D eigenvalue weighted by Crippen LogP contribution is -2.30. The molecule has 4 heteroatoms. The van der Waals surface area contributed by atoms with E-state index < -0.39 is 5.91 Å². The van der Waals surface area contributed by atoms with Crippen LogP contribution >= 0.6 is 0 Å². The molecule has 1 aromatic heterocycles. The van der Waals surface area contributed by atoms with Gasteiger partial charge in [-0.15, -0.1) is 6.42 Å². The van der Waals surface area contributed by atoms with Crippen molar-refractivity contribution >= 4 is 5.91 Å². The molecule has 2 N–H and O–H groups in total. The van der Waals surface area contributed by atoms with E-state index >= 15 is 0 Å². The third-order valence-corrected chi connectivity index (χ3v) is 2.69. The standard InChI is InChI=1S/C14H18N2O2/c1-4-7-12-10(6-3)9-11(14(18)16-12)13(17)15-8-5-2/h2,9H,4,6-8H2,1,3H3,(H,15,17)(H,16,18). The van der Waals surface area contributed by atoms with Crippen molar-refractivity contribution in [3.63, 3.8) is 0 Å². The van der Waals surface area contributed by atoms with Crippen LogP contribution in [0.25, 0.3) is 0 Å². The number of aromatic nitrogens is 1. The number of aryl methyl sites for hydroxylation is 2. The summed E-state index contributed by atoms with van der Waals surface area (Å²) in [5.41, 5.74) is 1.69. The van der Waals surface area contributed by atoms with E-state index in [0.717, 1.165) is 30.5 Å². The maximum atomic E-state index is 11.8. The van der Waals surface area contributed by atoms with Crippen LogP contribution in [0.15, 0.2) is 10.9 Å². The van der Waals surface area contributed by atoms with Gasteiger partial charge in [-0.1, -0.05) is 26.2 Å². The van der Waals surface area contributed by atoms with E-state index in [4.69, 9.17) is 6.42 Å². The molecule has 0 aliphatic rings. The number of rotatable bonds is 5. The molecular weight excluding hydrogens is 228 g/mol. The van der Waals surface area contributed by atoms with E-state index in [1.807, 2.05) is 13.8 Å². The molecule has 0 spiro atoms. The minimum absolute atomic E-state index is 0.121. The fraction of sp³-hybridized carbons (Fsp3) is 0.429. The number of aromatic amines is 1. The van der Waals surface area contributed by atoms with Crippen molar-refractivity contribution in [1.82, 2.24) is 10.3 Å². The molecule has 0 unspecified atom stereocenters. The van der Waals surface area contributed by atoms with Crippen molar-refractivity contribution < 1.29 is 4.79 Å². The minimum Gasteiger partial charge on any atom is -0.341 e. The van der Waals surface area contributed by atoms with Gasteiger partial charge in [0.2, 0.25) is 0 Å². The molecule has 0 aliphatic carbocycles. The third kappa shape index (κ3) is 3.24. The van der Waals surface area contributed by atoms with Gasteiger partial charge >= 0.3 is 0 Å². The van der Waals surface area contributed by atoms with E-state index in [-0.39, 0.29) is 17.7 Å². The summed E-state index contributed by atoms with van der Waals surface area (Å²) in [7, 11) is 0. The van der Waals surface area contributed by atoms with Crippen LogP contribution < -0.4 is 10.9 Å². The molecule has 0 radical (unpaired) electrons. The van der Waals surface area contributed by atoms with Crippen LogP contribution in [-0.4, -0.2) is 17.4 Å². The number of terminal acetylenes is 1. The fourth-order valence-corrected chi connectivity index (χ4v) is 1.80. The van der Waals surface area contributed by atoms with Crippen molar-refractivity contribution in [2.45, 2.75) is 33.1 Å². The monoisotopic (exact) mass is 246 g/mol. The Hall–Kier alpha value is -2.02. The topological polar surface area (TPSA) is 62.0 Å². The highest BCUT2D eigenvalue weighted by Crippen LogP contribution is 2.09. The van der Waals surface area contributed by atoms with Gasteiger partial charge < -0.3 is 10.3 Å². The summed E-state index contributed by atoms with van der Waals surface area (Å²) in [5.74, 6) is 1.88. The molecule has 0 aromatic carbocycles. The van der Waals surface area contributed by atoms with Crippen molar-refractivity contribution in [2.75, 3.05) is 6.54 Å². The molecule has 1 aromatic rings. The summed E-state index contributed by atoms with van der Waals surface area (Å²) in [5, 5.41) is 2.50. The fourth-order valence-electron chi connectivity index (χ4n) is 1.80. The summed E-state index contributed by atoms with van der Waals surface area (Å²) < 4.78 is 0. The Morgan fingerprint density at radius 3 is 2.78 bits per heavy atom. The maximum absolute atomic E-state index is 11.8. The van der Waals surface area contributed by atoms with Crippen molar-refractivity contribution in [3.8, 4) is 12.3 Å². The number of hydrogen-bond donors (Lipinski definition) is 2. The number of carbonyl (C=O) groups is 1. The molecule has 1 rings (SSSR count). The van der Waals surface area contributed by atoms with Crippen molar-refractivity contribution in [1.29, 1.82) is 0 Å². The van der Waals surface area contributed by atoms with Gasteiger partial charge in [0.1, 0.15) is 5.56 Å². The van der Waals surface area contributed by atoms with Gasteiger partial charge in [-0.25, -0.2) is 0 Å². The minimum atomic E-state index is -0.424. The second kappa shape index (κ2) is 6.65. The Balaban J connectivity index is 3.11. The Bertz CT molecular complexity index is 524. The molecule has 4 nitrogen and oxygen atoms in total. The predicted octanol–water partition coefficient (Wildman–Crippen LogP) is 1.25. The predicted molar refractivity (Wildman–Crippen MR) is 71.6 cm³/mol. The van der Waals surface area contributed by atoms with Gasteiger partial charge in [-0.05, 0) is 24.5 Å². The smallest absolute Gasteiger partial charge is 0.261 e. The van der Waals surface area contributed by atoms with Crippen LogP contribution in [0.2, 0.25) is 0 Å². The molecule has 0 bridgehead atoms. The first kappa shape index (κ1) is 14.0. The highest BCUT2D eigenvalue weighted by Gasteiger charge is 2.13. The van der Waals surface area contributed by atoms with Crippen LogP contribution in [0, 0.1) is 12.3 Å². The Labute approximate surface area is 107 Å². The summed E-state index contributed by atoms with van der Waals surface area (Å²) in [6, 6.07) is 1.66. The Morgan fingerprint density at radius 2 is 2.22 bits per heavy atom. The van der Waals surface area contributed by atoms with Crippen LogP contribution in [-0.2, 0) is 12.8 Å². The first-order chi connectivity index (χ1) is 8.63. The quantitative estimate of drug-likeness (QED) is 0.768. The molecular formula is C14H18N2O2. The van der Waals surface area contributed by atoms with E-state index in [9.17, 15) is 9.59 Å². The van der Waals surface area contributed by atoms with Gasteiger partial charge in [-0.2, -0.15) is 0 Å². The molecule has 0 saturated carbocycles. The highest BCUT2D eigenvalue weighted by atomic mass is 16.2. The second-order valence-electron chi connectivity index (χ2n) is 4.01. The average molecular weight is 246 g/mol. The van der Waals surface area contributed by atoms with E-state index in [1.165, 1.54) is 0 Å². The SMILES string of the molecule is C#CCNC(=O)c1cc(CC)c(CCC)[nH]c1=O. The number of pyridine rings is 1. The summed E-state index contributed by atoms with van der Waals surface area (Å²) in [6.07, 6.45) is 7.60. The lowest BCUT2D eigenvalue weighted by atomic mass is 10.0. The van der Waals surface area contributed by atoms with Crippen molar-refractivity contribution in [2.24, 2.45) is 0 Å². The Kier molecular flexibility index (Phi) is 5.19. The summed E-state index contributed by atoms with van der Waals surface area (Å²) in [6.45, 7) is 4.16. The highest BCUT2D eigenvalue weighted by molar-refractivity contribution is 5.94. The first-order valence-electron chi connectivity index (χ1n) is 6.10. The third-order valence-electron chi connectivity index (χ3n) is 2.69. The van der Waals surface area contributed by atoms with Crippen LogP contribution in [0.4, 0.5) is 0 Å². The molecule has 96 valence electrons. The van der Waals surface area contributed by atoms with Crippen LogP contribution in [0.5, 0.6) is 0 Å². The number of nitrogens with one attached hydrogen (secondary N) is 2. The molecule has 18 heavy (non-hydrogen) atoms. The molecule has 1 amide bonds. The van der Waals surface area contributed by atoms with Crippen LogP contribution in [0.3, 0.4) is 0 Å². The number of H-pyrrole nitrogens is 1. The average Bonchev–Trinajstić information content (AvgIpc) is 2.36. The molecule has 1 heterocycles. The van der Waals surface area contributed by atoms with Gasteiger partial charge in [-0.3, -0.25) is 9.59 Å². The molecule has 0 aliphatic heterocycles. The van der Waals surface area contributed by atoms with Crippen molar-refractivity contribution in [3.05, 3.63) is 33.2 Å². The van der Waals surface area contributed by atoms with Crippen LogP contribution in [0.1, 0.15) is 41.9 Å². The second-order valence-corrected chi connectivity index (χ2v) is 4.01. The zero-order valence-electron chi connectivity index (χ0n) is 10.8. The van der Waals surface area contributed by atoms with Gasteiger partial charge in [0.05, 0.1) is 6.54 Å². The zero-order valence-corrected chi connectivity index (χ0v) is 10.8. The van der Waals surface area contributed by atoms with E-state index in [2.05, 4.69) is 16.2 Å².